The Kier molecular flexibility index (Phi) is 5.64. The zero-order chi connectivity index (χ0) is 17.2. The maximum Gasteiger partial charge on any atom is 0.265 e. The van der Waals surface area contributed by atoms with Gasteiger partial charge in [0.15, 0.2) is 6.61 Å². The molecule has 138 valence electrons. The Bertz CT molecular complexity index is 779. The van der Waals surface area contributed by atoms with Crippen LogP contribution in [0, 0.1) is 5.82 Å². The molecule has 2 heterocycles. The minimum Gasteiger partial charge on any atom is -0.482 e. The van der Waals surface area contributed by atoms with E-state index in [0.717, 1.165) is 43.1 Å². The number of halogens is 2. The van der Waals surface area contributed by atoms with E-state index in [2.05, 4.69) is 10.2 Å². The van der Waals surface area contributed by atoms with E-state index in [-0.39, 0.29) is 30.7 Å². The average Bonchev–Trinajstić information content (AvgIpc) is 2.66. The third-order valence-electron chi connectivity index (χ3n) is 4.62. The Balaban J connectivity index is 0.00000196. The van der Waals surface area contributed by atoms with Crippen molar-refractivity contribution in [2.75, 3.05) is 42.6 Å². The Hall–Kier alpha value is -2.31. The normalized spacial score (nSPS) is 16.6. The maximum atomic E-state index is 13.1. The molecule has 0 aromatic heterocycles. The van der Waals surface area contributed by atoms with Crippen molar-refractivity contribution in [1.82, 2.24) is 5.32 Å². The standard InChI is InChI=1S/C19H20FN3O2.ClH/c20-15-3-1-14(2-4-15)12-23-17-11-16(22-9-7-21-8-10-22)5-6-18(17)25-13-19(23)24;/h1-6,11,21H,7-10,12-13H2;1H. The van der Waals surface area contributed by atoms with Gasteiger partial charge >= 0.3 is 0 Å². The molecule has 0 spiro atoms. The number of nitrogens with zero attached hydrogens (tertiary/aromatic N) is 2. The van der Waals surface area contributed by atoms with Gasteiger partial charge in [-0.25, -0.2) is 4.39 Å². The summed E-state index contributed by atoms with van der Waals surface area (Å²) >= 11 is 0. The highest BCUT2D eigenvalue weighted by Gasteiger charge is 2.26. The summed E-state index contributed by atoms with van der Waals surface area (Å²) in [5.41, 5.74) is 2.74. The van der Waals surface area contributed by atoms with Gasteiger partial charge < -0.3 is 19.9 Å². The first-order valence-corrected chi connectivity index (χ1v) is 8.48. The third-order valence-corrected chi connectivity index (χ3v) is 4.62. The number of amides is 1. The van der Waals surface area contributed by atoms with Crippen LogP contribution in [-0.2, 0) is 11.3 Å². The van der Waals surface area contributed by atoms with Crippen molar-refractivity contribution in [3.05, 3.63) is 53.8 Å². The molecule has 2 aromatic rings. The number of ether oxygens (including phenoxy) is 1. The fourth-order valence-electron chi connectivity index (χ4n) is 3.26. The first-order valence-electron chi connectivity index (χ1n) is 8.48. The summed E-state index contributed by atoms with van der Waals surface area (Å²) in [6.45, 7) is 4.20. The molecule has 0 unspecified atom stereocenters. The largest absolute Gasteiger partial charge is 0.482 e. The predicted octanol–water partition coefficient (Wildman–Crippen LogP) is 2.58. The van der Waals surface area contributed by atoms with E-state index in [4.69, 9.17) is 4.74 Å². The van der Waals surface area contributed by atoms with E-state index in [1.807, 2.05) is 18.2 Å². The van der Waals surface area contributed by atoms with Crippen LogP contribution in [-0.4, -0.2) is 38.7 Å². The highest BCUT2D eigenvalue weighted by atomic mass is 35.5. The molecule has 0 aliphatic carbocycles. The molecule has 1 amide bonds. The fraction of sp³-hybridized carbons (Fsp3) is 0.316. The van der Waals surface area contributed by atoms with Crippen molar-refractivity contribution in [3.8, 4) is 5.75 Å². The smallest absolute Gasteiger partial charge is 0.265 e. The number of hydrogen-bond acceptors (Lipinski definition) is 4. The van der Waals surface area contributed by atoms with Crippen molar-refractivity contribution >= 4 is 29.7 Å². The number of piperazine rings is 1. The first kappa shape index (κ1) is 18.5. The molecule has 1 N–H and O–H groups in total. The first-order chi connectivity index (χ1) is 12.2. The quantitative estimate of drug-likeness (QED) is 0.893. The van der Waals surface area contributed by atoms with Gasteiger partial charge in [-0.15, -0.1) is 12.4 Å². The monoisotopic (exact) mass is 377 g/mol. The molecule has 4 rings (SSSR count). The van der Waals surface area contributed by atoms with E-state index in [0.29, 0.717) is 12.3 Å². The van der Waals surface area contributed by atoms with Crippen molar-refractivity contribution in [2.45, 2.75) is 6.54 Å². The zero-order valence-electron chi connectivity index (χ0n) is 14.3. The van der Waals surface area contributed by atoms with Gasteiger partial charge in [0, 0.05) is 31.9 Å². The average molecular weight is 378 g/mol. The van der Waals surface area contributed by atoms with Gasteiger partial charge in [-0.1, -0.05) is 12.1 Å². The second kappa shape index (κ2) is 7.93. The van der Waals surface area contributed by atoms with Crippen molar-refractivity contribution in [2.24, 2.45) is 0 Å². The molecule has 1 fully saturated rings. The van der Waals surface area contributed by atoms with Gasteiger partial charge in [0.2, 0.25) is 0 Å². The van der Waals surface area contributed by atoms with Crippen LogP contribution in [0.1, 0.15) is 5.56 Å². The minimum absolute atomic E-state index is 0. The summed E-state index contributed by atoms with van der Waals surface area (Å²) in [6.07, 6.45) is 0. The molecule has 26 heavy (non-hydrogen) atoms. The summed E-state index contributed by atoms with van der Waals surface area (Å²) < 4.78 is 18.7. The van der Waals surface area contributed by atoms with Crippen molar-refractivity contribution < 1.29 is 13.9 Å². The summed E-state index contributed by atoms with van der Waals surface area (Å²) in [7, 11) is 0. The van der Waals surface area contributed by atoms with Crippen LogP contribution in [0.15, 0.2) is 42.5 Å². The third kappa shape index (κ3) is 3.76. The number of anilines is 2. The Morgan fingerprint density at radius 2 is 1.81 bits per heavy atom. The summed E-state index contributed by atoms with van der Waals surface area (Å²) in [5.74, 6) is 0.341. The lowest BCUT2D eigenvalue weighted by atomic mass is 10.1. The Labute approximate surface area is 158 Å². The fourth-order valence-corrected chi connectivity index (χ4v) is 3.26. The van der Waals surface area contributed by atoms with E-state index in [1.165, 1.54) is 12.1 Å². The van der Waals surface area contributed by atoms with E-state index >= 15 is 0 Å². The molecule has 2 aliphatic rings. The lowest BCUT2D eigenvalue weighted by Crippen LogP contribution is -2.44. The molecule has 0 atom stereocenters. The Morgan fingerprint density at radius 1 is 1.08 bits per heavy atom. The van der Waals surface area contributed by atoms with E-state index < -0.39 is 0 Å². The summed E-state index contributed by atoms with van der Waals surface area (Å²) in [4.78, 5) is 16.4. The minimum atomic E-state index is -0.279. The van der Waals surface area contributed by atoms with E-state index in [9.17, 15) is 9.18 Å². The van der Waals surface area contributed by atoms with Gasteiger partial charge in [-0.05, 0) is 35.9 Å². The SMILES string of the molecule is Cl.O=C1COc2ccc(N3CCNCC3)cc2N1Cc1ccc(F)cc1. The summed E-state index contributed by atoms with van der Waals surface area (Å²) in [6, 6.07) is 12.2. The molecule has 7 heteroatoms. The number of hydrogen-bond donors (Lipinski definition) is 1. The van der Waals surface area contributed by atoms with Crippen LogP contribution < -0.4 is 19.9 Å². The molecule has 0 saturated carbocycles. The molecular formula is C19H21ClFN3O2. The molecule has 2 aromatic carbocycles. The van der Waals surface area contributed by atoms with Gasteiger partial charge in [0.05, 0.1) is 12.2 Å². The number of fused-ring (bicyclic) bond motifs is 1. The second-order valence-corrected chi connectivity index (χ2v) is 6.28. The number of rotatable bonds is 3. The van der Waals surface area contributed by atoms with Crippen molar-refractivity contribution in [1.29, 1.82) is 0 Å². The number of nitrogens with one attached hydrogen (secondary N) is 1. The van der Waals surface area contributed by atoms with Gasteiger partial charge in [0.1, 0.15) is 11.6 Å². The van der Waals surface area contributed by atoms with Crippen LogP contribution in [0.2, 0.25) is 0 Å². The van der Waals surface area contributed by atoms with Crippen LogP contribution in [0.25, 0.3) is 0 Å². The lowest BCUT2D eigenvalue weighted by molar-refractivity contribution is -0.121. The zero-order valence-corrected chi connectivity index (χ0v) is 15.1. The van der Waals surface area contributed by atoms with E-state index in [1.54, 1.807) is 17.0 Å². The Morgan fingerprint density at radius 3 is 2.54 bits per heavy atom. The van der Waals surface area contributed by atoms with Crippen molar-refractivity contribution in [3.63, 3.8) is 0 Å². The maximum absolute atomic E-state index is 13.1. The second-order valence-electron chi connectivity index (χ2n) is 6.28. The van der Waals surface area contributed by atoms with Gasteiger partial charge in [0.25, 0.3) is 5.91 Å². The molecule has 2 aliphatic heterocycles. The number of benzene rings is 2. The molecule has 0 bridgehead atoms. The molecular weight excluding hydrogens is 357 g/mol. The molecule has 1 saturated heterocycles. The predicted molar refractivity (Wildman–Crippen MR) is 102 cm³/mol. The number of carbonyl (C=O) groups is 1. The van der Waals surface area contributed by atoms with Gasteiger partial charge in [-0.2, -0.15) is 0 Å². The van der Waals surface area contributed by atoms with Crippen LogP contribution >= 0.6 is 12.4 Å². The number of carbonyl (C=O) groups excluding carboxylic acids is 1. The van der Waals surface area contributed by atoms with Crippen LogP contribution in [0.5, 0.6) is 5.75 Å². The highest BCUT2D eigenvalue weighted by Crippen LogP contribution is 2.36. The topological polar surface area (TPSA) is 44.8 Å². The highest BCUT2D eigenvalue weighted by molar-refractivity contribution is 5.98. The van der Waals surface area contributed by atoms with Crippen LogP contribution in [0.3, 0.4) is 0 Å². The van der Waals surface area contributed by atoms with Gasteiger partial charge in [-0.3, -0.25) is 4.79 Å². The molecule has 0 radical (unpaired) electrons. The summed E-state index contributed by atoms with van der Waals surface area (Å²) in [5, 5.41) is 3.34. The van der Waals surface area contributed by atoms with Crippen LogP contribution in [0.4, 0.5) is 15.8 Å². The lowest BCUT2D eigenvalue weighted by Gasteiger charge is -2.33. The molecule has 5 nitrogen and oxygen atoms in total.